The number of carbonyl (C=O) groups excluding carboxylic acids is 3. The van der Waals surface area contributed by atoms with Crippen LogP contribution in [0.15, 0.2) is 11.6 Å². The highest BCUT2D eigenvalue weighted by Crippen LogP contribution is 2.12. The van der Waals surface area contributed by atoms with Gasteiger partial charge < -0.3 is 20.7 Å². The van der Waals surface area contributed by atoms with Gasteiger partial charge in [0.05, 0.1) is 18.7 Å². The summed E-state index contributed by atoms with van der Waals surface area (Å²) in [6, 6.07) is -1.20. The topological polar surface area (TPSA) is 96.5 Å². The third-order valence-corrected chi connectivity index (χ3v) is 4.93. The number of ether oxygens (including phenoxy) is 1. The average Bonchev–Trinajstić information content (AvgIpc) is 2.65. The van der Waals surface area contributed by atoms with E-state index in [-0.39, 0.29) is 41.7 Å². The lowest BCUT2D eigenvalue weighted by Crippen LogP contribution is -2.57. The summed E-state index contributed by atoms with van der Waals surface area (Å²) in [6.45, 7) is 12.3. The first kappa shape index (κ1) is 24.1. The number of hydrogen-bond donors (Lipinski definition) is 3. The van der Waals surface area contributed by atoms with E-state index < -0.39 is 6.04 Å². The number of piperidine rings is 1. The van der Waals surface area contributed by atoms with Gasteiger partial charge >= 0.3 is 5.97 Å². The number of nitrogens with one attached hydrogen (secondary N) is 3. The van der Waals surface area contributed by atoms with Gasteiger partial charge in [-0.05, 0) is 45.1 Å². The molecule has 7 heteroatoms. The first-order chi connectivity index (χ1) is 13.2. The van der Waals surface area contributed by atoms with E-state index in [2.05, 4.69) is 16.0 Å². The Bertz CT molecular complexity index is 566. The van der Waals surface area contributed by atoms with E-state index in [1.165, 1.54) is 0 Å². The molecular weight excluding hydrogens is 358 g/mol. The van der Waals surface area contributed by atoms with E-state index in [0.717, 1.165) is 25.8 Å². The van der Waals surface area contributed by atoms with Gasteiger partial charge in [0.25, 0.3) is 0 Å². The van der Waals surface area contributed by atoms with Crippen molar-refractivity contribution in [2.45, 2.75) is 78.9 Å². The predicted octanol–water partition coefficient (Wildman–Crippen LogP) is 1.92. The van der Waals surface area contributed by atoms with Crippen LogP contribution in [0.3, 0.4) is 0 Å². The van der Waals surface area contributed by atoms with Gasteiger partial charge in [0, 0.05) is 5.57 Å². The second-order valence-electron chi connectivity index (χ2n) is 8.08. The van der Waals surface area contributed by atoms with Crippen molar-refractivity contribution >= 4 is 17.8 Å². The lowest BCUT2D eigenvalue weighted by molar-refractivity contribution is -0.138. The molecule has 1 saturated heterocycles. The van der Waals surface area contributed by atoms with Crippen LogP contribution in [-0.2, 0) is 19.1 Å². The van der Waals surface area contributed by atoms with Gasteiger partial charge in [-0.1, -0.05) is 40.2 Å². The molecule has 1 aliphatic rings. The fourth-order valence-electron chi connectivity index (χ4n) is 3.10. The van der Waals surface area contributed by atoms with Crippen molar-refractivity contribution in [3.8, 4) is 0 Å². The number of amides is 2. The molecular formula is C21H37N3O4. The van der Waals surface area contributed by atoms with E-state index >= 15 is 0 Å². The fraction of sp³-hybridized carbons (Fsp3) is 0.762. The molecule has 0 aliphatic carbocycles. The van der Waals surface area contributed by atoms with Crippen LogP contribution in [0, 0.1) is 11.8 Å². The molecule has 1 aliphatic heterocycles. The van der Waals surface area contributed by atoms with Crippen molar-refractivity contribution in [2.24, 2.45) is 11.8 Å². The van der Waals surface area contributed by atoms with Gasteiger partial charge in [-0.25, -0.2) is 4.79 Å². The third kappa shape index (κ3) is 7.62. The minimum absolute atomic E-state index is 0.0597. The van der Waals surface area contributed by atoms with E-state index in [1.807, 2.05) is 27.7 Å². The molecule has 0 saturated carbocycles. The fourth-order valence-corrected chi connectivity index (χ4v) is 3.10. The Kier molecular flexibility index (Phi) is 10.2. The minimum Gasteiger partial charge on any atom is -0.463 e. The van der Waals surface area contributed by atoms with Crippen LogP contribution in [0.5, 0.6) is 0 Å². The highest BCUT2D eigenvalue weighted by molar-refractivity contribution is 5.91. The Hall–Kier alpha value is -1.89. The molecule has 0 aromatic rings. The largest absolute Gasteiger partial charge is 0.463 e. The Labute approximate surface area is 169 Å². The maximum Gasteiger partial charge on any atom is 0.333 e. The van der Waals surface area contributed by atoms with E-state index in [9.17, 15) is 14.4 Å². The first-order valence-corrected chi connectivity index (χ1v) is 10.4. The minimum atomic E-state index is -0.631. The Morgan fingerprint density at radius 1 is 1.11 bits per heavy atom. The Balaban J connectivity index is 2.82. The molecule has 0 radical (unpaired) electrons. The molecule has 0 spiro atoms. The van der Waals surface area contributed by atoms with Crippen LogP contribution >= 0.6 is 0 Å². The maximum atomic E-state index is 12.9. The number of hydrogen-bond acceptors (Lipinski definition) is 5. The molecule has 3 atom stereocenters. The van der Waals surface area contributed by atoms with Gasteiger partial charge in [0.1, 0.15) is 6.04 Å². The van der Waals surface area contributed by atoms with Crippen LogP contribution in [0.2, 0.25) is 0 Å². The third-order valence-electron chi connectivity index (χ3n) is 4.93. The summed E-state index contributed by atoms with van der Waals surface area (Å²) in [7, 11) is 0. The zero-order chi connectivity index (χ0) is 21.3. The first-order valence-electron chi connectivity index (χ1n) is 10.4. The van der Waals surface area contributed by atoms with E-state index in [1.54, 1.807) is 19.9 Å². The molecule has 0 aromatic heterocycles. The van der Waals surface area contributed by atoms with Gasteiger partial charge in [0.2, 0.25) is 11.8 Å². The SMILES string of the molecule is CCOC(=O)/C(C)=C/C(NC(=O)C(NC(=O)C1CCCCN1)C(C)C)C(C)C. The smallest absolute Gasteiger partial charge is 0.333 e. The van der Waals surface area contributed by atoms with Crippen LogP contribution < -0.4 is 16.0 Å². The summed E-state index contributed by atoms with van der Waals surface area (Å²) in [5, 5.41) is 9.08. The zero-order valence-corrected chi connectivity index (χ0v) is 18.1. The van der Waals surface area contributed by atoms with Gasteiger partial charge in [-0.2, -0.15) is 0 Å². The van der Waals surface area contributed by atoms with Crippen LogP contribution in [-0.4, -0.2) is 49.1 Å². The molecule has 0 aromatic carbocycles. The van der Waals surface area contributed by atoms with E-state index in [4.69, 9.17) is 4.74 Å². The molecule has 3 N–H and O–H groups in total. The van der Waals surface area contributed by atoms with Crippen LogP contribution in [0.1, 0.15) is 60.8 Å². The number of esters is 1. The van der Waals surface area contributed by atoms with E-state index in [0.29, 0.717) is 12.2 Å². The normalized spacial score (nSPS) is 19.9. The predicted molar refractivity (Wildman–Crippen MR) is 110 cm³/mol. The van der Waals surface area contributed by atoms with Crippen LogP contribution in [0.25, 0.3) is 0 Å². The van der Waals surface area contributed by atoms with Crippen molar-refractivity contribution < 1.29 is 19.1 Å². The van der Waals surface area contributed by atoms with Crippen molar-refractivity contribution in [3.63, 3.8) is 0 Å². The molecule has 1 heterocycles. The molecule has 7 nitrogen and oxygen atoms in total. The van der Waals surface area contributed by atoms with Gasteiger partial charge in [-0.15, -0.1) is 0 Å². The van der Waals surface area contributed by atoms with Crippen molar-refractivity contribution in [3.05, 3.63) is 11.6 Å². The second kappa shape index (κ2) is 11.8. The molecule has 1 fully saturated rings. The molecule has 1 rings (SSSR count). The summed E-state index contributed by atoms with van der Waals surface area (Å²) in [6.07, 6.45) is 4.59. The maximum absolute atomic E-state index is 12.9. The Morgan fingerprint density at radius 3 is 2.29 bits per heavy atom. The molecule has 28 heavy (non-hydrogen) atoms. The van der Waals surface area contributed by atoms with Crippen molar-refractivity contribution in [1.82, 2.24) is 16.0 Å². The van der Waals surface area contributed by atoms with Gasteiger partial charge in [-0.3, -0.25) is 9.59 Å². The van der Waals surface area contributed by atoms with Crippen molar-refractivity contribution in [2.75, 3.05) is 13.2 Å². The van der Waals surface area contributed by atoms with Crippen LogP contribution in [0.4, 0.5) is 0 Å². The standard InChI is InChI=1S/C21H37N3O4/c1-7-28-21(27)15(6)12-17(13(2)3)23-20(26)18(14(4)5)24-19(25)16-10-8-9-11-22-16/h12-14,16-18,22H,7-11H2,1-6H3,(H,23,26)(H,24,25)/b15-12+. The summed E-state index contributed by atoms with van der Waals surface area (Å²) in [4.78, 5) is 37.3. The highest BCUT2D eigenvalue weighted by atomic mass is 16.5. The number of rotatable bonds is 9. The number of carbonyl (C=O) groups is 3. The summed E-state index contributed by atoms with van der Waals surface area (Å²) in [5.74, 6) is -0.745. The Morgan fingerprint density at radius 2 is 1.79 bits per heavy atom. The molecule has 2 amide bonds. The molecule has 3 unspecified atom stereocenters. The van der Waals surface area contributed by atoms with Gasteiger partial charge in [0.15, 0.2) is 0 Å². The molecule has 160 valence electrons. The quantitative estimate of drug-likeness (QED) is 0.409. The lowest BCUT2D eigenvalue weighted by Gasteiger charge is -2.29. The average molecular weight is 396 g/mol. The second-order valence-corrected chi connectivity index (χ2v) is 8.08. The lowest BCUT2D eigenvalue weighted by atomic mass is 9.98. The van der Waals surface area contributed by atoms with Crippen molar-refractivity contribution in [1.29, 1.82) is 0 Å². The summed E-state index contributed by atoms with van der Waals surface area (Å²) >= 11 is 0. The summed E-state index contributed by atoms with van der Waals surface area (Å²) < 4.78 is 5.01. The highest BCUT2D eigenvalue weighted by Gasteiger charge is 2.30. The monoisotopic (exact) mass is 395 g/mol. The zero-order valence-electron chi connectivity index (χ0n) is 18.1. The molecule has 0 bridgehead atoms. The summed E-state index contributed by atoms with van der Waals surface area (Å²) in [5.41, 5.74) is 0.456.